The van der Waals surface area contributed by atoms with Crippen LogP contribution >= 0.6 is 11.6 Å². The first-order valence-corrected chi connectivity index (χ1v) is 7.22. The zero-order chi connectivity index (χ0) is 14.8. The summed E-state index contributed by atoms with van der Waals surface area (Å²) in [6.07, 6.45) is 5.13. The number of nitrogens with one attached hydrogen (secondary N) is 1. The molecule has 3 rings (SSSR count). The highest BCUT2D eigenvalue weighted by Crippen LogP contribution is 2.27. The first kappa shape index (κ1) is 14.0. The smallest absolute Gasteiger partial charge is 0.134 e. The van der Waals surface area contributed by atoms with Gasteiger partial charge in [-0.1, -0.05) is 11.6 Å². The molecule has 0 radical (unpaired) electrons. The topological polar surface area (TPSA) is 51.0 Å². The highest BCUT2D eigenvalue weighted by molar-refractivity contribution is 6.31. The molecule has 0 fully saturated rings. The maximum Gasteiger partial charge on any atom is 0.134 e. The quantitative estimate of drug-likeness (QED) is 0.781. The van der Waals surface area contributed by atoms with E-state index in [2.05, 4.69) is 29.1 Å². The van der Waals surface area contributed by atoms with E-state index in [1.165, 1.54) is 0 Å². The summed E-state index contributed by atoms with van der Waals surface area (Å²) in [5.74, 6) is 0.878. The van der Waals surface area contributed by atoms with Gasteiger partial charge < -0.3 is 4.42 Å². The van der Waals surface area contributed by atoms with Gasteiger partial charge in [-0.05, 0) is 38.1 Å². The van der Waals surface area contributed by atoms with Crippen LogP contribution in [0.2, 0.25) is 5.02 Å². The molecule has 0 aliphatic rings. The van der Waals surface area contributed by atoms with E-state index in [1.54, 1.807) is 18.6 Å². The SMILES string of the molecule is C[C@H](N[C@H](C)c1cc2cc(Cl)ccc2o1)c1cnccn1. The Morgan fingerprint density at radius 3 is 2.76 bits per heavy atom. The Labute approximate surface area is 128 Å². The van der Waals surface area contributed by atoms with E-state index in [0.717, 1.165) is 22.4 Å². The van der Waals surface area contributed by atoms with Crippen molar-refractivity contribution in [1.29, 1.82) is 0 Å². The first-order valence-electron chi connectivity index (χ1n) is 6.84. The zero-order valence-electron chi connectivity index (χ0n) is 11.9. The molecule has 21 heavy (non-hydrogen) atoms. The van der Waals surface area contributed by atoms with Crippen LogP contribution in [0.15, 0.2) is 47.3 Å². The van der Waals surface area contributed by atoms with Crippen molar-refractivity contribution < 1.29 is 4.42 Å². The average molecular weight is 302 g/mol. The number of aromatic nitrogens is 2. The Bertz CT molecular complexity index is 742. The second-order valence-corrected chi connectivity index (χ2v) is 5.51. The number of hydrogen-bond acceptors (Lipinski definition) is 4. The summed E-state index contributed by atoms with van der Waals surface area (Å²) in [5.41, 5.74) is 1.75. The van der Waals surface area contributed by atoms with Crippen LogP contribution in [0.3, 0.4) is 0 Å². The number of fused-ring (bicyclic) bond motifs is 1. The van der Waals surface area contributed by atoms with Crippen LogP contribution in [0.1, 0.15) is 37.4 Å². The summed E-state index contributed by atoms with van der Waals surface area (Å²) >= 11 is 6.00. The van der Waals surface area contributed by atoms with Crippen molar-refractivity contribution in [3.05, 3.63) is 59.3 Å². The van der Waals surface area contributed by atoms with Crippen LogP contribution in [0.4, 0.5) is 0 Å². The van der Waals surface area contributed by atoms with Crippen LogP contribution in [-0.4, -0.2) is 9.97 Å². The summed E-state index contributed by atoms with van der Waals surface area (Å²) < 4.78 is 5.86. The van der Waals surface area contributed by atoms with Crippen molar-refractivity contribution in [1.82, 2.24) is 15.3 Å². The van der Waals surface area contributed by atoms with E-state index < -0.39 is 0 Å². The van der Waals surface area contributed by atoms with Gasteiger partial charge in [0.2, 0.25) is 0 Å². The molecule has 1 aromatic carbocycles. The molecule has 3 aromatic rings. The molecule has 2 aromatic heterocycles. The fourth-order valence-electron chi connectivity index (χ4n) is 2.32. The number of benzene rings is 1. The lowest BCUT2D eigenvalue weighted by molar-refractivity contribution is 0.413. The Hall–Kier alpha value is -1.91. The molecule has 4 nitrogen and oxygen atoms in total. The molecule has 0 spiro atoms. The van der Waals surface area contributed by atoms with Crippen LogP contribution in [0.5, 0.6) is 0 Å². The lowest BCUT2D eigenvalue weighted by atomic mass is 10.1. The normalized spacial score (nSPS) is 14.2. The number of furan rings is 1. The highest BCUT2D eigenvalue weighted by Gasteiger charge is 2.16. The van der Waals surface area contributed by atoms with E-state index >= 15 is 0 Å². The van der Waals surface area contributed by atoms with Gasteiger partial charge in [-0.25, -0.2) is 0 Å². The third kappa shape index (κ3) is 3.06. The van der Waals surface area contributed by atoms with Gasteiger partial charge in [0.25, 0.3) is 0 Å². The van der Waals surface area contributed by atoms with Gasteiger partial charge in [0.15, 0.2) is 0 Å². The Morgan fingerprint density at radius 2 is 2.00 bits per heavy atom. The van der Waals surface area contributed by atoms with Crippen molar-refractivity contribution in [3.8, 4) is 0 Å². The summed E-state index contributed by atoms with van der Waals surface area (Å²) in [6, 6.07) is 7.79. The van der Waals surface area contributed by atoms with E-state index in [1.807, 2.05) is 24.3 Å². The van der Waals surface area contributed by atoms with E-state index in [0.29, 0.717) is 5.02 Å². The van der Waals surface area contributed by atoms with Gasteiger partial charge in [0.05, 0.1) is 11.7 Å². The van der Waals surface area contributed by atoms with Crippen molar-refractivity contribution >= 4 is 22.6 Å². The highest BCUT2D eigenvalue weighted by atomic mass is 35.5. The Morgan fingerprint density at radius 1 is 1.14 bits per heavy atom. The Balaban J connectivity index is 1.79. The fraction of sp³-hybridized carbons (Fsp3) is 0.250. The fourth-order valence-corrected chi connectivity index (χ4v) is 2.51. The molecule has 2 heterocycles. The molecule has 0 amide bonds. The molecule has 0 bridgehead atoms. The second-order valence-electron chi connectivity index (χ2n) is 5.07. The number of hydrogen-bond donors (Lipinski definition) is 1. The van der Waals surface area contributed by atoms with E-state index in [4.69, 9.17) is 16.0 Å². The summed E-state index contributed by atoms with van der Waals surface area (Å²) in [4.78, 5) is 8.40. The minimum Gasteiger partial charge on any atom is -0.459 e. The van der Waals surface area contributed by atoms with Crippen LogP contribution in [0.25, 0.3) is 11.0 Å². The van der Waals surface area contributed by atoms with E-state index in [9.17, 15) is 0 Å². The minimum absolute atomic E-state index is 0.0631. The maximum absolute atomic E-state index is 6.00. The van der Waals surface area contributed by atoms with Gasteiger partial charge in [-0.2, -0.15) is 0 Å². The van der Waals surface area contributed by atoms with Gasteiger partial charge in [0.1, 0.15) is 11.3 Å². The third-order valence-electron chi connectivity index (χ3n) is 3.45. The minimum atomic E-state index is 0.0631. The molecule has 5 heteroatoms. The Kier molecular flexibility index (Phi) is 3.90. The molecule has 2 atom stereocenters. The van der Waals surface area contributed by atoms with Crippen LogP contribution in [-0.2, 0) is 0 Å². The molecule has 0 aliphatic carbocycles. The van der Waals surface area contributed by atoms with Crippen molar-refractivity contribution in [2.45, 2.75) is 25.9 Å². The lowest BCUT2D eigenvalue weighted by Gasteiger charge is -2.17. The summed E-state index contributed by atoms with van der Waals surface area (Å²) in [6.45, 7) is 4.12. The number of rotatable bonds is 4. The third-order valence-corrected chi connectivity index (χ3v) is 3.69. The van der Waals surface area contributed by atoms with E-state index in [-0.39, 0.29) is 12.1 Å². The van der Waals surface area contributed by atoms with Crippen molar-refractivity contribution in [2.75, 3.05) is 0 Å². The second kappa shape index (κ2) is 5.84. The van der Waals surface area contributed by atoms with Gasteiger partial charge in [-0.15, -0.1) is 0 Å². The van der Waals surface area contributed by atoms with Crippen molar-refractivity contribution in [3.63, 3.8) is 0 Å². The standard InChI is InChI=1S/C16H16ClN3O/c1-10(14-9-18-5-6-19-14)20-11(2)16-8-12-7-13(17)3-4-15(12)21-16/h3-11,20H,1-2H3/t10-,11+/m0/s1. The first-order chi connectivity index (χ1) is 10.1. The zero-order valence-corrected chi connectivity index (χ0v) is 12.6. The molecular formula is C16H16ClN3O. The predicted molar refractivity (Wildman–Crippen MR) is 83.2 cm³/mol. The van der Waals surface area contributed by atoms with Crippen molar-refractivity contribution in [2.24, 2.45) is 0 Å². The molecular weight excluding hydrogens is 286 g/mol. The maximum atomic E-state index is 6.00. The number of halogens is 1. The monoisotopic (exact) mass is 301 g/mol. The van der Waals surface area contributed by atoms with Crippen LogP contribution in [0, 0.1) is 0 Å². The van der Waals surface area contributed by atoms with Crippen LogP contribution < -0.4 is 5.32 Å². The predicted octanol–water partition coefficient (Wildman–Crippen LogP) is 4.29. The van der Waals surface area contributed by atoms with Gasteiger partial charge in [-0.3, -0.25) is 15.3 Å². The molecule has 0 aliphatic heterocycles. The molecule has 0 saturated carbocycles. The molecule has 0 unspecified atom stereocenters. The number of nitrogens with zero attached hydrogens (tertiary/aromatic N) is 2. The molecule has 1 N–H and O–H groups in total. The average Bonchev–Trinajstić information content (AvgIpc) is 2.91. The molecule has 0 saturated heterocycles. The van der Waals surface area contributed by atoms with Gasteiger partial charge in [0, 0.05) is 35.0 Å². The molecule has 108 valence electrons. The lowest BCUT2D eigenvalue weighted by Crippen LogP contribution is -2.22. The largest absolute Gasteiger partial charge is 0.459 e. The van der Waals surface area contributed by atoms with Gasteiger partial charge >= 0.3 is 0 Å². The summed E-state index contributed by atoms with van der Waals surface area (Å²) in [5, 5.41) is 5.18. The summed E-state index contributed by atoms with van der Waals surface area (Å²) in [7, 11) is 0.